The first-order chi connectivity index (χ1) is 13.1. The molecule has 9 heteroatoms. The molecule has 7 nitrogen and oxygen atoms in total. The van der Waals surface area contributed by atoms with Gasteiger partial charge in [-0.3, -0.25) is 9.59 Å². The molecule has 0 bridgehead atoms. The van der Waals surface area contributed by atoms with E-state index in [-0.39, 0.29) is 4.90 Å². The number of nitrogens with one attached hydrogen (secondary N) is 1. The van der Waals surface area contributed by atoms with E-state index in [2.05, 4.69) is 5.32 Å². The van der Waals surface area contributed by atoms with E-state index < -0.39 is 40.4 Å². The van der Waals surface area contributed by atoms with Gasteiger partial charge in [0, 0.05) is 12.7 Å². The Balaban J connectivity index is 1.94. The van der Waals surface area contributed by atoms with Crippen molar-refractivity contribution in [3.8, 4) is 0 Å². The molecule has 0 saturated carbocycles. The van der Waals surface area contributed by atoms with E-state index in [1.807, 2.05) is 13.0 Å². The third kappa shape index (κ3) is 5.61. The predicted molar refractivity (Wildman–Crippen MR) is 102 cm³/mol. The number of hydrogen-bond donors (Lipinski definition) is 1. The van der Waals surface area contributed by atoms with Crippen molar-refractivity contribution in [2.75, 3.05) is 18.9 Å². The molecule has 0 fully saturated rings. The third-order valence-electron chi connectivity index (χ3n) is 3.84. The molecule has 0 heterocycles. The predicted octanol–water partition coefficient (Wildman–Crippen LogP) is 2.33. The lowest BCUT2D eigenvalue weighted by Crippen LogP contribution is -2.37. The molecule has 2 aromatic carbocycles. The summed E-state index contributed by atoms with van der Waals surface area (Å²) >= 11 is 0. The maximum absolute atomic E-state index is 13.0. The molecular weight excluding hydrogens is 387 g/mol. The van der Waals surface area contributed by atoms with Gasteiger partial charge < -0.3 is 10.1 Å². The van der Waals surface area contributed by atoms with Crippen molar-refractivity contribution in [1.29, 1.82) is 0 Å². The largest absolute Gasteiger partial charge is 0.452 e. The Morgan fingerprint density at radius 2 is 1.82 bits per heavy atom. The molecule has 1 atom stereocenters. The number of rotatable bonds is 7. The molecule has 0 spiro atoms. The quantitative estimate of drug-likeness (QED) is 0.710. The van der Waals surface area contributed by atoms with Gasteiger partial charge in [-0.2, -0.15) is 4.31 Å². The van der Waals surface area contributed by atoms with Gasteiger partial charge in [-0.25, -0.2) is 12.8 Å². The zero-order valence-corrected chi connectivity index (χ0v) is 16.5. The number of ether oxygens (including phenoxy) is 1. The zero-order chi connectivity index (χ0) is 20.9. The van der Waals surface area contributed by atoms with Gasteiger partial charge in [0.2, 0.25) is 10.0 Å². The van der Waals surface area contributed by atoms with Crippen molar-refractivity contribution < 1.29 is 27.1 Å². The highest BCUT2D eigenvalue weighted by atomic mass is 32.2. The highest BCUT2D eigenvalue weighted by molar-refractivity contribution is 7.89. The Kier molecular flexibility index (Phi) is 6.87. The summed E-state index contributed by atoms with van der Waals surface area (Å²) in [6.45, 7) is 2.66. The minimum Gasteiger partial charge on any atom is -0.452 e. The van der Waals surface area contributed by atoms with E-state index >= 15 is 0 Å². The number of hydrogen-bond acceptors (Lipinski definition) is 5. The zero-order valence-electron chi connectivity index (χ0n) is 15.7. The molecule has 150 valence electrons. The normalized spacial score (nSPS) is 12.5. The summed E-state index contributed by atoms with van der Waals surface area (Å²) in [5, 5.41) is 2.62. The second-order valence-electron chi connectivity index (χ2n) is 6.21. The second-order valence-corrected chi connectivity index (χ2v) is 8.25. The van der Waals surface area contributed by atoms with Crippen LogP contribution in [0.3, 0.4) is 0 Å². The third-order valence-corrected chi connectivity index (χ3v) is 5.65. The first-order valence-corrected chi connectivity index (χ1v) is 9.82. The van der Waals surface area contributed by atoms with Crippen LogP contribution in [-0.2, 0) is 24.3 Å². The van der Waals surface area contributed by atoms with E-state index in [1.54, 1.807) is 18.2 Å². The molecule has 0 aliphatic carbocycles. The van der Waals surface area contributed by atoms with Crippen LogP contribution in [-0.4, -0.2) is 44.3 Å². The van der Waals surface area contributed by atoms with Crippen LogP contribution in [0.1, 0.15) is 12.5 Å². The van der Waals surface area contributed by atoms with Gasteiger partial charge in [0.05, 0.1) is 4.90 Å². The average Bonchev–Trinajstić information content (AvgIpc) is 2.61. The van der Waals surface area contributed by atoms with Gasteiger partial charge in [-0.05, 0) is 55.8 Å². The monoisotopic (exact) mass is 408 g/mol. The van der Waals surface area contributed by atoms with Crippen molar-refractivity contribution in [3.05, 3.63) is 59.9 Å². The SMILES string of the molecule is Cc1cccc(NC(=O)[C@@H](C)OC(=O)CN(C)S(=O)(=O)c2ccc(F)cc2)c1. The van der Waals surface area contributed by atoms with Crippen LogP contribution >= 0.6 is 0 Å². The van der Waals surface area contributed by atoms with Crippen molar-refractivity contribution in [2.45, 2.75) is 24.8 Å². The number of aryl methyl sites for hydroxylation is 1. The van der Waals surface area contributed by atoms with Gasteiger partial charge in [0.1, 0.15) is 12.4 Å². The van der Waals surface area contributed by atoms with Crippen molar-refractivity contribution in [2.24, 2.45) is 0 Å². The summed E-state index contributed by atoms with van der Waals surface area (Å²) in [6, 6.07) is 11.3. The van der Waals surface area contributed by atoms with Gasteiger partial charge in [-0.1, -0.05) is 12.1 Å². The summed E-state index contributed by atoms with van der Waals surface area (Å²) in [5.41, 5.74) is 1.51. The van der Waals surface area contributed by atoms with Crippen LogP contribution in [0, 0.1) is 12.7 Å². The summed E-state index contributed by atoms with van der Waals surface area (Å²) in [7, 11) is -2.80. The summed E-state index contributed by atoms with van der Waals surface area (Å²) in [5.74, 6) is -2.00. The molecular formula is C19H21FN2O5S. The van der Waals surface area contributed by atoms with Crippen molar-refractivity contribution in [1.82, 2.24) is 4.31 Å². The molecule has 2 rings (SSSR count). The summed E-state index contributed by atoms with van der Waals surface area (Å²) < 4.78 is 43.5. The fourth-order valence-electron chi connectivity index (χ4n) is 2.31. The smallest absolute Gasteiger partial charge is 0.322 e. The lowest BCUT2D eigenvalue weighted by Gasteiger charge is -2.18. The maximum atomic E-state index is 13.0. The fourth-order valence-corrected chi connectivity index (χ4v) is 3.42. The minimum absolute atomic E-state index is 0.158. The van der Waals surface area contributed by atoms with E-state index in [0.717, 1.165) is 34.1 Å². The van der Waals surface area contributed by atoms with Gasteiger partial charge in [0.15, 0.2) is 6.10 Å². The van der Waals surface area contributed by atoms with E-state index in [1.165, 1.54) is 14.0 Å². The molecule has 28 heavy (non-hydrogen) atoms. The van der Waals surface area contributed by atoms with E-state index in [0.29, 0.717) is 5.69 Å². The molecule has 0 aromatic heterocycles. The van der Waals surface area contributed by atoms with Crippen LogP contribution in [0.4, 0.5) is 10.1 Å². The van der Waals surface area contributed by atoms with Crippen LogP contribution in [0.5, 0.6) is 0 Å². The number of esters is 1. The number of likely N-dealkylation sites (N-methyl/N-ethyl adjacent to an activating group) is 1. The molecule has 0 radical (unpaired) electrons. The number of sulfonamides is 1. The van der Waals surface area contributed by atoms with Crippen LogP contribution in [0.2, 0.25) is 0 Å². The first kappa shape index (κ1) is 21.5. The average molecular weight is 408 g/mol. The number of benzene rings is 2. The van der Waals surface area contributed by atoms with Crippen molar-refractivity contribution in [3.63, 3.8) is 0 Å². The van der Waals surface area contributed by atoms with Crippen molar-refractivity contribution >= 4 is 27.6 Å². The minimum atomic E-state index is -3.99. The highest BCUT2D eigenvalue weighted by Crippen LogP contribution is 2.15. The van der Waals surface area contributed by atoms with Crippen LogP contribution < -0.4 is 5.32 Å². The van der Waals surface area contributed by atoms with Crippen LogP contribution in [0.25, 0.3) is 0 Å². The lowest BCUT2D eigenvalue weighted by atomic mass is 10.2. The number of amides is 1. The Morgan fingerprint density at radius 1 is 1.18 bits per heavy atom. The Hall–Kier alpha value is -2.78. The molecule has 2 aromatic rings. The second kappa shape index (κ2) is 8.94. The first-order valence-electron chi connectivity index (χ1n) is 8.38. The highest BCUT2D eigenvalue weighted by Gasteiger charge is 2.25. The Bertz CT molecular complexity index is 961. The number of nitrogens with zero attached hydrogens (tertiary/aromatic N) is 1. The number of carbonyl (C=O) groups excluding carboxylic acids is 2. The summed E-state index contributed by atoms with van der Waals surface area (Å²) in [4.78, 5) is 24.0. The molecule has 1 N–H and O–H groups in total. The topological polar surface area (TPSA) is 92.8 Å². The maximum Gasteiger partial charge on any atom is 0.322 e. The van der Waals surface area contributed by atoms with Gasteiger partial charge in [0.25, 0.3) is 5.91 Å². The number of anilines is 1. The Labute approximate surface area is 163 Å². The van der Waals surface area contributed by atoms with Gasteiger partial charge >= 0.3 is 5.97 Å². The fraction of sp³-hybridized carbons (Fsp3) is 0.263. The van der Waals surface area contributed by atoms with E-state index in [4.69, 9.17) is 4.74 Å². The van der Waals surface area contributed by atoms with Gasteiger partial charge in [-0.15, -0.1) is 0 Å². The molecule has 0 unspecified atom stereocenters. The summed E-state index contributed by atoms with van der Waals surface area (Å²) in [6.07, 6.45) is -1.12. The number of halogens is 1. The standard InChI is InChI=1S/C19H21FN2O5S/c1-13-5-4-6-16(11-13)21-19(24)14(2)27-18(23)12-22(3)28(25,26)17-9-7-15(20)8-10-17/h4-11,14H,12H2,1-3H3,(H,21,24)/t14-/m1/s1. The Morgan fingerprint density at radius 3 is 2.43 bits per heavy atom. The molecule has 0 aliphatic heterocycles. The lowest BCUT2D eigenvalue weighted by molar-refractivity contribution is -0.153. The molecule has 1 amide bonds. The molecule has 0 aliphatic rings. The molecule has 0 saturated heterocycles. The number of carbonyl (C=O) groups is 2. The van der Waals surface area contributed by atoms with Crippen LogP contribution in [0.15, 0.2) is 53.4 Å². The van der Waals surface area contributed by atoms with E-state index in [9.17, 15) is 22.4 Å².